The molecule has 0 aromatic carbocycles. The van der Waals surface area contributed by atoms with Gasteiger partial charge in [-0.25, -0.2) is 4.98 Å². The van der Waals surface area contributed by atoms with Gasteiger partial charge in [0.15, 0.2) is 0 Å². The molecule has 0 saturated carbocycles. The Hall–Kier alpha value is -2.11. The van der Waals surface area contributed by atoms with E-state index in [2.05, 4.69) is 15.6 Å². The molecule has 0 bridgehead atoms. The van der Waals surface area contributed by atoms with Crippen LogP contribution in [0.1, 0.15) is 24.2 Å². The molecule has 6 nitrogen and oxygen atoms in total. The lowest BCUT2D eigenvalue weighted by Crippen LogP contribution is -2.55. The van der Waals surface area contributed by atoms with Crippen LogP contribution in [0.5, 0.6) is 0 Å². The topological polar surface area (TPSA) is 74.3 Å². The zero-order chi connectivity index (χ0) is 13.8. The largest absolute Gasteiger partial charge is 0.370 e. The second-order valence-corrected chi connectivity index (χ2v) is 4.43. The molecule has 1 aromatic heterocycles. The van der Waals surface area contributed by atoms with E-state index in [1.165, 1.54) is 0 Å². The van der Waals surface area contributed by atoms with Crippen LogP contribution in [0.4, 0.5) is 5.82 Å². The normalized spacial score (nSPS) is 18.9. The maximum absolute atomic E-state index is 12.3. The first kappa shape index (κ1) is 13.3. The van der Waals surface area contributed by atoms with Crippen LogP contribution >= 0.6 is 0 Å². The number of pyridine rings is 1. The van der Waals surface area contributed by atoms with Crippen LogP contribution in [0.3, 0.4) is 0 Å². The van der Waals surface area contributed by atoms with Crippen molar-refractivity contribution in [3.05, 3.63) is 23.9 Å². The van der Waals surface area contributed by atoms with Gasteiger partial charge in [-0.05, 0) is 26.0 Å². The molecule has 1 aliphatic rings. The van der Waals surface area contributed by atoms with E-state index in [9.17, 15) is 9.59 Å². The van der Waals surface area contributed by atoms with Crippen molar-refractivity contribution < 1.29 is 9.59 Å². The van der Waals surface area contributed by atoms with Gasteiger partial charge in [0.25, 0.3) is 5.91 Å². The van der Waals surface area contributed by atoms with Gasteiger partial charge in [0.1, 0.15) is 11.9 Å². The summed E-state index contributed by atoms with van der Waals surface area (Å²) in [7, 11) is 0. The number of carbonyl (C=O) groups excluding carboxylic acids is 2. The van der Waals surface area contributed by atoms with E-state index in [0.717, 1.165) is 12.4 Å². The van der Waals surface area contributed by atoms with Crippen molar-refractivity contribution in [1.29, 1.82) is 0 Å². The lowest BCUT2D eigenvalue weighted by Gasteiger charge is -2.32. The number of amides is 2. The smallest absolute Gasteiger partial charge is 0.256 e. The van der Waals surface area contributed by atoms with Crippen LogP contribution in [0.25, 0.3) is 0 Å². The SMILES string of the molecule is CCNc1ccc(C(=O)N2CCNC(=O)C2C)cn1. The van der Waals surface area contributed by atoms with E-state index in [-0.39, 0.29) is 11.8 Å². The van der Waals surface area contributed by atoms with Gasteiger partial charge in [0, 0.05) is 25.8 Å². The fourth-order valence-electron chi connectivity index (χ4n) is 2.03. The van der Waals surface area contributed by atoms with Gasteiger partial charge >= 0.3 is 0 Å². The molecule has 1 fully saturated rings. The van der Waals surface area contributed by atoms with Crippen LogP contribution in [0, 0.1) is 0 Å². The Bertz CT molecular complexity index is 472. The maximum atomic E-state index is 12.3. The minimum atomic E-state index is -0.435. The summed E-state index contributed by atoms with van der Waals surface area (Å²) in [4.78, 5) is 29.6. The predicted octanol–water partition coefficient (Wildman–Crippen LogP) is 0.474. The quantitative estimate of drug-likeness (QED) is 0.830. The minimum Gasteiger partial charge on any atom is -0.370 e. The highest BCUT2D eigenvalue weighted by atomic mass is 16.2. The summed E-state index contributed by atoms with van der Waals surface area (Å²) in [5.41, 5.74) is 0.503. The summed E-state index contributed by atoms with van der Waals surface area (Å²) < 4.78 is 0. The Morgan fingerprint density at radius 1 is 1.58 bits per heavy atom. The minimum absolute atomic E-state index is 0.114. The van der Waals surface area contributed by atoms with Gasteiger partial charge in [-0.15, -0.1) is 0 Å². The van der Waals surface area contributed by atoms with Crippen molar-refractivity contribution in [3.63, 3.8) is 0 Å². The molecule has 0 radical (unpaired) electrons. The molecule has 0 spiro atoms. The first-order chi connectivity index (χ1) is 9.13. The Balaban J connectivity index is 2.12. The third kappa shape index (κ3) is 2.83. The molecule has 2 N–H and O–H groups in total. The molecule has 2 rings (SSSR count). The molecule has 1 aliphatic heterocycles. The lowest BCUT2D eigenvalue weighted by molar-refractivity contribution is -0.127. The second-order valence-electron chi connectivity index (χ2n) is 4.43. The third-order valence-electron chi connectivity index (χ3n) is 3.13. The van der Waals surface area contributed by atoms with Crippen molar-refractivity contribution in [2.24, 2.45) is 0 Å². The average Bonchev–Trinajstić information content (AvgIpc) is 2.42. The number of aromatic nitrogens is 1. The molecule has 102 valence electrons. The van der Waals surface area contributed by atoms with Gasteiger partial charge in [0.05, 0.1) is 5.56 Å². The summed E-state index contributed by atoms with van der Waals surface area (Å²) in [6, 6.07) is 3.06. The van der Waals surface area contributed by atoms with E-state index in [0.29, 0.717) is 18.7 Å². The van der Waals surface area contributed by atoms with Gasteiger partial charge in [-0.3, -0.25) is 9.59 Å². The fourth-order valence-corrected chi connectivity index (χ4v) is 2.03. The summed E-state index contributed by atoms with van der Waals surface area (Å²) >= 11 is 0. The molecular formula is C13H18N4O2. The molecule has 1 atom stereocenters. The Morgan fingerprint density at radius 3 is 3.00 bits per heavy atom. The molecule has 19 heavy (non-hydrogen) atoms. The highest BCUT2D eigenvalue weighted by molar-refractivity contribution is 5.98. The maximum Gasteiger partial charge on any atom is 0.256 e. The van der Waals surface area contributed by atoms with E-state index in [4.69, 9.17) is 0 Å². The number of nitrogens with zero attached hydrogens (tertiary/aromatic N) is 2. The van der Waals surface area contributed by atoms with E-state index in [1.807, 2.05) is 6.92 Å². The number of hydrogen-bond donors (Lipinski definition) is 2. The number of hydrogen-bond acceptors (Lipinski definition) is 4. The van der Waals surface area contributed by atoms with Gasteiger partial charge in [0.2, 0.25) is 5.91 Å². The van der Waals surface area contributed by atoms with Crippen LogP contribution < -0.4 is 10.6 Å². The van der Waals surface area contributed by atoms with Crippen molar-refractivity contribution in [2.75, 3.05) is 25.0 Å². The zero-order valence-electron chi connectivity index (χ0n) is 11.1. The summed E-state index contributed by atoms with van der Waals surface area (Å²) in [6.07, 6.45) is 1.54. The Kier molecular flexibility index (Phi) is 3.99. The Labute approximate surface area is 112 Å². The number of piperazine rings is 1. The first-order valence-electron chi connectivity index (χ1n) is 6.42. The van der Waals surface area contributed by atoms with Crippen LogP contribution in [-0.4, -0.2) is 47.4 Å². The third-order valence-corrected chi connectivity index (χ3v) is 3.13. The Morgan fingerprint density at radius 2 is 2.37 bits per heavy atom. The monoisotopic (exact) mass is 262 g/mol. The number of carbonyl (C=O) groups is 2. The van der Waals surface area contributed by atoms with Gasteiger partial charge in [-0.1, -0.05) is 0 Å². The number of anilines is 1. The molecule has 2 amide bonds. The number of nitrogens with one attached hydrogen (secondary N) is 2. The second kappa shape index (κ2) is 5.69. The van der Waals surface area contributed by atoms with E-state index < -0.39 is 6.04 Å². The van der Waals surface area contributed by atoms with Crippen LogP contribution in [0.15, 0.2) is 18.3 Å². The van der Waals surface area contributed by atoms with Crippen molar-refractivity contribution in [3.8, 4) is 0 Å². The summed E-state index contributed by atoms with van der Waals surface area (Å²) in [5, 5.41) is 5.80. The highest BCUT2D eigenvalue weighted by Gasteiger charge is 2.29. The lowest BCUT2D eigenvalue weighted by atomic mass is 10.1. The first-order valence-corrected chi connectivity index (χ1v) is 6.42. The van der Waals surface area contributed by atoms with Crippen molar-refractivity contribution in [1.82, 2.24) is 15.2 Å². The highest BCUT2D eigenvalue weighted by Crippen LogP contribution is 2.12. The zero-order valence-corrected chi connectivity index (χ0v) is 11.1. The van der Waals surface area contributed by atoms with Crippen molar-refractivity contribution >= 4 is 17.6 Å². The molecule has 2 heterocycles. The van der Waals surface area contributed by atoms with Crippen LogP contribution in [0.2, 0.25) is 0 Å². The average molecular weight is 262 g/mol. The predicted molar refractivity (Wildman–Crippen MR) is 71.9 cm³/mol. The molecule has 1 aromatic rings. The summed E-state index contributed by atoms with van der Waals surface area (Å²) in [5.74, 6) is 0.471. The molecular weight excluding hydrogens is 244 g/mol. The van der Waals surface area contributed by atoms with Crippen molar-refractivity contribution in [2.45, 2.75) is 19.9 Å². The van der Waals surface area contributed by atoms with E-state index >= 15 is 0 Å². The standard InChI is InChI=1S/C13H18N4O2/c1-3-14-11-5-4-10(8-16-11)13(19)17-7-6-15-12(18)9(17)2/h4-5,8-9H,3,6-7H2,1-2H3,(H,14,16)(H,15,18). The number of rotatable bonds is 3. The van der Waals surface area contributed by atoms with Gasteiger partial charge in [-0.2, -0.15) is 0 Å². The molecule has 6 heteroatoms. The van der Waals surface area contributed by atoms with E-state index in [1.54, 1.807) is 30.2 Å². The molecule has 1 unspecified atom stereocenters. The van der Waals surface area contributed by atoms with Crippen LogP contribution in [-0.2, 0) is 4.79 Å². The molecule has 1 saturated heterocycles. The van der Waals surface area contributed by atoms with Gasteiger partial charge < -0.3 is 15.5 Å². The fraction of sp³-hybridized carbons (Fsp3) is 0.462. The summed E-state index contributed by atoms with van der Waals surface area (Å²) in [6.45, 7) is 5.52. The molecule has 0 aliphatic carbocycles.